The van der Waals surface area contributed by atoms with E-state index in [1.807, 2.05) is 27.8 Å². The Kier molecular flexibility index (Phi) is 4.86. The van der Waals surface area contributed by atoms with Gasteiger partial charge in [-0.2, -0.15) is 5.10 Å². The highest BCUT2D eigenvalue weighted by atomic mass is 16.2. The zero-order valence-corrected chi connectivity index (χ0v) is 16.8. The number of likely N-dealkylation sites (tertiary alicyclic amines) is 1. The topological polar surface area (TPSA) is 67.2 Å². The van der Waals surface area contributed by atoms with Gasteiger partial charge in [0.05, 0.1) is 23.8 Å². The summed E-state index contributed by atoms with van der Waals surface area (Å²) in [5.41, 5.74) is 4.58. The summed E-state index contributed by atoms with van der Waals surface area (Å²) in [7, 11) is 0. The van der Waals surface area contributed by atoms with Crippen molar-refractivity contribution in [2.75, 3.05) is 6.54 Å². The molecule has 152 valence electrons. The van der Waals surface area contributed by atoms with E-state index >= 15 is 0 Å². The van der Waals surface area contributed by atoms with Crippen LogP contribution in [-0.4, -0.2) is 39.1 Å². The van der Waals surface area contributed by atoms with Gasteiger partial charge in [0.2, 0.25) is 11.8 Å². The first kappa shape index (κ1) is 18.4. The second-order valence-corrected chi connectivity index (χ2v) is 8.58. The maximum atomic E-state index is 12.8. The largest absolute Gasteiger partial charge is 0.350 e. The number of benzene rings is 1. The summed E-state index contributed by atoms with van der Waals surface area (Å²) in [6.45, 7) is 1.01. The van der Waals surface area contributed by atoms with Crippen LogP contribution < -0.4 is 5.32 Å². The summed E-state index contributed by atoms with van der Waals surface area (Å²) in [5, 5.41) is 7.89. The second-order valence-electron chi connectivity index (χ2n) is 8.58. The van der Waals surface area contributed by atoms with Crippen molar-refractivity contribution in [3.8, 4) is 5.69 Å². The minimum Gasteiger partial charge on any atom is -0.350 e. The number of amides is 2. The Bertz CT molecular complexity index is 914. The molecule has 29 heavy (non-hydrogen) atoms. The molecule has 2 aromatic rings. The minimum atomic E-state index is -0.229. The third-order valence-corrected chi connectivity index (χ3v) is 6.74. The van der Waals surface area contributed by atoms with Crippen molar-refractivity contribution in [1.82, 2.24) is 20.0 Å². The smallest absolute Gasteiger partial charge is 0.225 e. The van der Waals surface area contributed by atoms with Gasteiger partial charge < -0.3 is 10.2 Å². The van der Waals surface area contributed by atoms with Crippen molar-refractivity contribution >= 4 is 11.8 Å². The molecule has 2 heterocycles. The van der Waals surface area contributed by atoms with E-state index in [0.717, 1.165) is 43.5 Å². The van der Waals surface area contributed by atoms with E-state index < -0.39 is 0 Å². The van der Waals surface area contributed by atoms with E-state index in [0.29, 0.717) is 25.6 Å². The van der Waals surface area contributed by atoms with Crippen molar-refractivity contribution in [3.63, 3.8) is 0 Å². The van der Waals surface area contributed by atoms with Crippen molar-refractivity contribution in [2.45, 2.75) is 64.0 Å². The van der Waals surface area contributed by atoms with Crippen molar-refractivity contribution in [3.05, 3.63) is 47.3 Å². The molecule has 5 rings (SSSR count). The Balaban J connectivity index is 1.26. The highest BCUT2D eigenvalue weighted by Gasteiger charge is 2.38. The molecule has 1 N–H and O–H groups in total. The average Bonchev–Trinajstić information content (AvgIpc) is 3.51. The summed E-state index contributed by atoms with van der Waals surface area (Å²) < 4.78 is 2.03. The number of para-hydroxylation sites is 1. The van der Waals surface area contributed by atoms with Crippen molar-refractivity contribution in [2.24, 2.45) is 5.92 Å². The van der Waals surface area contributed by atoms with E-state index in [-0.39, 0.29) is 17.7 Å². The summed E-state index contributed by atoms with van der Waals surface area (Å²) in [6.07, 6.45) is 8.09. The van der Waals surface area contributed by atoms with Gasteiger partial charge in [-0.3, -0.25) is 9.59 Å². The third-order valence-electron chi connectivity index (χ3n) is 6.74. The van der Waals surface area contributed by atoms with E-state index in [1.54, 1.807) is 0 Å². The second kappa shape index (κ2) is 7.65. The number of rotatable bonds is 5. The molecule has 0 radical (unpaired) electrons. The Hall–Kier alpha value is -2.63. The predicted octanol–water partition coefficient (Wildman–Crippen LogP) is 2.77. The molecule has 1 atom stereocenters. The maximum Gasteiger partial charge on any atom is 0.225 e. The highest BCUT2D eigenvalue weighted by molar-refractivity contribution is 5.89. The first-order chi connectivity index (χ1) is 14.2. The van der Waals surface area contributed by atoms with Crippen molar-refractivity contribution in [1.29, 1.82) is 0 Å². The van der Waals surface area contributed by atoms with Crippen LogP contribution >= 0.6 is 0 Å². The summed E-state index contributed by atoms with van der Waals surface area (Å²) in [4.78, 5) is 27.1. The number of aromatic nitrogens is 2. The van der Waals surface area contributed by atoms with Crippen LogP contribution in [0.4, 0.5) is 0 Å². The molecule has 1 aliphatic heterocycles. The molecule has 2 aliphatic carbocycles. The molecule has 0 bridgehead atoms. The minimum absolute atomic E-state index is 0.0140. The lowest BCUT2D eigenvalue weighted by Crippen LogP contribution is -2.36. The Morgan fingerprint density at radius 2 is 1.90 bits per heavy atom. The fourth-order valence-corrected chi connectivity index (χ4v) is 5.23. The number of carbonyl (C=O) groups is 2. The van der Waals surface area contributed by atoms with Gasteiger partial charge in [-0.05, 0) is 49.8 Å². The van der Waals surface area contributed by atoms with Crippen LogP contribution in [0, 0.1) is 5.92 Å². The van der Waals surface area contributed by atoms with Crippen LogP contribution in [0.1, 0.15) is 55.5 Å². The molecule has 6 heteroatoms. The summed E-state index contributed by atoms with van der Waals surface area (Å²) in [6, 6.07) is 10.5. The van der Waals surface area contributed by atoms with Gasteiger partial charge in [-0.15, -0.1) is 0 Å². The SMILES string of the molecule is O=C(NCc1nn(-c2ccccc2)c2c1CCC2)C1CC(=O)N(C2CCCC2)C1. The molecule has 1 saturated carbocycles. The highest BCUT2D eigenvalue weighted by Crippen LogP contribution is 2.30. The number of nitrogens with zero attached hydrogens (tertiary/aromatic N) is 3. The Morgan fingerprint density at radius 1 is 1.10 bits per heavy atom. The molecule has 2 fully saturated rings. The lowest BCUT2D eigenvalue weighted by atomic mass is 10.1. The van der Waals surface area contributed by atoms with Gasteiger partial charge in [0.1, 0.15) is 0 Å². The van der Waals surface area contributed by atoms with Crippen LogP contribution in [0.5, 0.6) is 0 Å². The molecular weight excluding hydrogens is 364 g/mol. The molecular formula is C23H28N4O2. The fraction of sp³-hybridized carbons (Fsp3) is 0.522. The van der Waals surface area contributed by atoms with Crippen LogP contribution in [0.15, 0.2) is 30.3 Å². The van der Waals surface area contributed by atoms with Crippen LogP contribution in [-0.2, 0) is 29.0 Å². The van der Waals surface area contributed by atoms with Crippen LogP contribution in [0.2, 0.25) is 0 Å². The molecule has 1 aromatic carbocycles. The van der Waals surface area contributed by atoms with Gasteiger partial charge in [0, 0.05) is 24.7 Å². The summed E-state index contributed by atoms with van der Waals surface area (Å²) >= 11 is 0. The van der Waals surface area contributed by atoms with E-state index in [2.05, 4.69) is 17.4 Å². The van der Waals surface area contributed by atoms with Crippen LogP contribution in [0.25, 0.3) is 5.69 Å². The lowest BCUT2D eigenvalue weighted by molar-refractivity contribution is -0.130. The monoisotopic (exact) mass is 392 g/mol. The molecule has 2 amide bonds. The quantitative estimate of drug-likeness (QED) is 0.851. The van der Waals surface area contributed by atoms with Crippen molar-refractivity contribution < 1.29 is 9.59 Å². The van der Waals surface area contributed by atoms with E-state index in [1.165, 1.54) is 24.1 Å². The number of carbonyl (C=O) groups excluding carboxylic acids is 2. The Labute approximate surface area is 171 Å². The first-order valence-corrected chi connectivity index (χ1v) is 10.9. The fourth-order valence-electron chi connectivity index (χ4n) is 5.23. The van der Waals surface area contributed by atoms with Gasteiger partial charge in [-0.1, -0.05) is 31.0 Å². The number of fused-ring (bicyclic) bond motifs is 1. The zero-order valence-electron chi connectivity index (χ0n) is 16.8. The van der Waals surface area contributed by atoms with Gasteiger partial charge in [0.25, 0.3) is 0 Å². The Morgan fingerprint density at radius 3 is 2.69 bits per heavy atom. The first-order valence-electron chi connectivity index (χ1n) is 10.9. The molecule has 0 spiro atoms. The molecule has 1 aromatic heterocycles. The number of hydrogen-bond donors (Lipinski definition) is 1. The number of nitrogens with one attached hydrogen (secondary N) is 1. The normalized spacial score (nSPS) is 21.7. The number of hydrogen-bond acceptors (Lipinski definition) is 3. The maximum absolute atomic E-state index is 12.8. The summed E-state index contributed by atoms with van der Waals surface area (Å²) in [5.74, 6) is -0.0986. The molecule has 1 unspecified atom stereocenters. The third kappa shape index (κ3) is 3.45. The zero-order chi connectivity index (χ0) is 19.8. The van der Waals surface area contributed by atoms with Gasteiger partial charge in [-0.25, -0.2) is 4.68 Å². The van der Waals surface area contributed by atoms with E-state index in [4.69, 9.17) is 5.10 Å². The standard InChI is InChI=1S/C23H28N4O2/c28-22-13-16(15-26(22)17-7-4-5-8-17)23(29)24-14-20-19-11-6-12-21(19)27(25-20)18-9-2-1-3-10-18/h1-3,9-10,16-17H,4-8,11-15H2,(H,24,29). The lowest BCUT2D eigenvalue weighted by Gasteiger charge is -2.23. The van der Waals surface area contributed by atoms with Gasteiger partial charge >= 0.3 is 0 Å². The van der Waals surface area contributed by atoms with E-state index in [9.17, 15) is 9.59 Å². The molecule has 6 nitrogen and oxygen atoms in total. The van der Waals surface area contributed by atoms with Gasteiger partial charge in [0.15, 0.2) is 0 Å². The molecule has 1 saturated heterocycles. The average molecular weight is 393 g/mol. The van der Waals surface area contributed by atoms with Crippen LogP contribution in [0.3, 0.4) is 0 Å². The predicted molar refractivity (Wildman–Crippen MR) is 110 cm³/mol. The molecule has 3 aliphatic rings.